The Labute approximate surface area is 387 Å². The van der Waals surface area contributed by atoms with E-state index in [2.05, 4.69) is 212 Å². The molecule has 0 aliphatic carbocycles. The first-order chi connectivity index (χ1) is 33.2. The maximum Gasteiger partial charge on any atom is 0.164 e. The maximum atomic E-state index is 6.72. The van der Waals surface area contributed by atoms with Crippen LogP contribution >= 0.6 is 0 Å². The summed E-state index contributed by atoms with van der Waals surface area (Å²) in [7, 11) is 0. The summed E-state index contributed by atoms with van der Waals surface area (Å²) >= 11 is 0. The van der Waals surface area contributed by atoms with Gasteiger partial charge in [0.2, 0.25) is 0 Å². The summed E-state index contributed by atoms with van der Waals surface area (Å²) < 4.78 is 6.72. The van der Waals surface area contributed by atoms with Gasteiger partial charge in [0, 0.05) is 27.5 Å². The van der Waals surface area contributed by atoms with Gasteiger partial charge in [-0.1, -0.05) is 206 Å². The highest BCUT2D eigenvalue weighted by atomic mass is 16.3. The highest BCUT2D eigenvalue weighted by Gasteiger charge is 2.20. The number of hydrogen-bond acceptors (Lipinski definition) is 4. The molecule has 0 aliphatic rings. The molecule has 0 bridgehead atoms. The molecule has 0 unspecified atom stereocenters. The third kappa shape index (κ3) is 6.74. The van der Waals surface area contributed by atoms with Crippen LogP contribution in [0.4, 0.5) is 0 Å². The molecule has 0 aliphatic heterocycles. The van der Waals surface area contributed by atoms with Crippen molar-refractivity contribution >= 4 is 54.3 Å². The van der Waals surface area contributed by atoms with Gasteiger partial charge in [-0.15, -0.1) is 0 Å². The van der Waals surface area contributed by atoms with Crippen molar-refractivity contribution in [2.75, 3.05) is 0 Å². The zero-order valence-electron chi connectivity index (χ0n) is 36.3. The summed E-state index contributed by atoms with van der Waals surface area (Å²) in [5.74, 6) is 1.86. The van der Waals surface area contributed by atoms with E-state index in [0.29, 0.717) is 17.5 Å². The quantitative estimate of drug-likeness (QED) is 0.150. The number of rotatable bonds is 7. The lowest BCUT2D eigenvalue weighted by Gasteiger charge is -2.14. The highest BCUT2D eigenvalue weighted by molar-refractivity contribution is 6.18. The second-order valence-corrected chi connectivity index (χ2v) is 17.1. The van der Waals surface area contributed by atoms with Gasteiger partial charge in [0.15, 0.2) is 17.5 Å². The van der Waals surface area contributed by atoms with Crippen LogP contribution in [0, 0.1) is 0 Å². The molecule has 0 fully saturated rings. The van der Waals surface area contributed by atoms with Crippen molar-refractivity contribution in [3.8, 4) is 78.7 Å². The number of fused-ring (bicyclic) bond motifs is 7. The minimum atomic E-state index is 0.618. The Morgan fingerprint density at radius 2 is 0.716 bits per heavy atom. The molecule has 0 N–H and O–H groups in total. The molecule has 11 aromatic carbocycles. The predicted molar refractivity (Wildman–Crippen MR) is 278 cm³/mol. The molecule has 0 spiro atoms. The van der Waals surface area contributed by atoms with E-state index in [-0.39, 0.29) is 0 Å². The molecular weight excluding hydrogens is 815 g/mol. The molecule has 0 amide bonds. The third-order valence-corrected chi connectivity index (χ3v) is 13.2. The van der Waals surface area contributed by atoms with Crippen molar-refractivity contribution in [1.82, 2.24) is 15.0 Å². The summed E-state index contributed by atoms with van der Waals surface area (Å²) in [6.45, 7) is 0. The molecule has 0 radical (unpaired) electrons. The van der Waals surface area contributed by atoms with E-state index >= 15 is 0 Å². The Bertz CT molecular complexity index is 4010. The largest absolute Gasteiger partial charge is 0.456 e. The van der Waals surface area contributed by atoms with E-state index in [1.165, 1.54) is 38.2 Å². The van der Waals surface area contributed by atoms with Crippen molar-refractivity contribution in [3.05, 3.63) is 237 Å². The second-order valence-electron chi connectivity index (χ2n) is 17.1. The molecule has 312 valence electrons. The summed E-state index contributed by atoms with van der Waals surface area (Å²) in [6.07, 6.45) is 0. The monoisotopic (exact) mass is 853 g/mol. The first-order valence-corrected chi connectivity index (χ1v) is 22.7. The molecule has 0 atom stereocenters. The zero-order chi connectivity index (χ0) is 44.3. The minimum absolute atomic E-state index is 0.618. The lowest BCUT2D eigenvalue weighted by atomic mass is 9.91. The standard InChI is InChI=1S/C63H39N3O/c1-3-14-40(15-4-1)41-26-28-42(29-27-41)43-30-32-45(33-31-43)62-64-61(44-16-5-2-6-17-44)65-63(66-62)55-37-36-53(50-21-10-11-22-51(50)55)54-24-13-25-58-60(54)56-35-34-47(39-59(56)67-58)57-38-46-18-7-8-19-48(46)49-20-9-12-23-52(49)57/h1-39H. The van der Waals surface area contributed by atoms with Crippen LogP contribution in [-0.2, 0) is 0 Å². The van der Waals surface area contributed by atoms with Gasteiger partial charge in [0.25, 0.3) is 0 Å². The number of benzene rings is 11. The first kappa shape index (κ1) is 38.5. The van der Waals surface area contributed by atoms with Gasteiger partial charge < -0.3 is 4.42 Å². The Morgan fingerprint density at radius 1 is 0.239 bits per heavy atom. The molecule has 13 rings (SSSR count). The lowest BCUT2D eigenvalue weighted by Crippen LogP contribution is -2.00. The zero-order valence-corrected chi connectivity index (χ0v) is 36.3. The van der Waals surface area contributed by atoms with Gasteiger partial charge in [-0.25, -0.2) is 15.0 Å². The lowest BCUT2D eigenvalue weighted by molar-refractivity contribution is 0.669. The fourth-order valence-corrected chi connectivity index (χ4v) is 9.88. The second kappa shape index (κ2) is 15.9. The molecule has 0 saturated heterocycles. The summed E-state index contributed by atoms with van der Waals surface area (Å²) in [6, 6.07) is 83.5. The van der Waals surface area contributed by atoms with Gasteiger partial charge in [-0.05, 0) is 107 Å². The topological polar surface area (TPSA) is 51.8 Å². The first-order valence-electron chi connectivity index (χ1n) is 22.7. The van der Waals surface area contributed by atoms with E-state index in [4.69, 9.17) is 19.4 Å². The van der Waals surface area contributed by atoms with Crippen LogP contribution < -0.4 is 0 Å². The average Bonchev–Trinajstić information content (AvgIpc) is 3.79. The van der Waals surface area contributed by atoms with Gasteiger partial charge in [0.05, 0.1) is 0 Å². The van der Waals surface area contributed by atoms with Crippen molar-refractivity contribution in [2.45, 2.75) is 0 Å². The van der Waals surface area contributed by atoms with Crippen LogP contribution in [0.25, 0.3) is 133 Å². The molecule has 13 aromatic rings. The SMILES string of the molecule is c1ccc(-c2ccc(-c3ccc(-c4nc(-c5ccccc5)nc(-c5ccc(-c6cccc7oc8cc(-c9cc%10ccccc%10c%10ccccc9%10)ccc8c67)c6ccccc56)n4)cc3)cc2)cc1. The molecule has 2 heterocycles. The summed E-state index contributed by atoms with van der Waals surface area (Å²) in [4.78, 5) is 15.4. The van der Waals surface area contributed by atoms with Crippen molar-refractivity contribution < 1.29 is 4.42 Å². The number of nitrogens with zero attached hydrogens (tertiary/aromatic N) is 3. The van der Waals surface area contributed by atoms with Crippen molar-refractivity contribution in [1.29, 1.82) is 0 Å². The van der Waals surface area contributed by atoms with E-state index in [1.807, 2.05) is 24.3 Å². The van der Waals surface area contributed by atoms with E-state index in [1.54, 1.807) is 0 Å². The Hall–Kier alpha value is -8.99. The van der Waals surface area contributed by atoms with Crippen LogP contribution in [0.3, 0.4) is 0 Å². The Balaban J connectivity index is 0.903. The summed E-state index contributed by atoms with van der Waals surface area (Å²) in [5.41, 5.74) is 13.7. The normalized spacial score (nSPS) is 11.6. The van der Waals surface area contributed by atoms with E-state index < -0.39 is 0 Å². The fraction of sp³-hybridized carbons (Fsp3) is 0. The van der Waals surface area contributed by atoms with Gasteiger partial charge in [0.1, 0.15) is 11.2 Å². The number of furan rings is 1. The molecule has 2 aromatic heterocycles. The maximum absolute atomic E-state index is 6.72. The number of hydrogen-bond donors (Lipinski definition) is 0. The van der Waals surface area contributed by atoms with Crippen LogP contribution in [0.15, 0.2) is 241 Å². The summed E-state index contributed by atoms with van der Waals surface area (Å²) in [5, 5.41) is 9.29. The average molecular weight is 854 g/mol. The molecule has 0 saturated carbocycles. The van der Waals surface area contributed by atoms with E-state index in [0.717, 1.165) is 77.2 Å². The van der Waals surface area contributed by atoms with Crippen molar-refractivity contribution in [2.24, 2.45) is 0 Å². The smallest absolute Gasteiger partial charge is 0.164 e. The molecule has 4 nitrogen and oxygen atoms in total. The Kier molecular flexibility index (Phi) is 9.14. The van der Waals surface area contributed by atoms with Gasteiger partial charge in [-0.3, -0.25) is 0 Å². The van der Waals surface area contributed by atoms with E-state index in [9.17, 15) is 0 Å². The molecule has 4 heteroatoms. The van der Waals surface area contributed by atoms with Gasteiger partial charge >= 0.3 is 0 Å². The van der Waals surface area contributed by atoms with Crippen LogP contribution in [-0.4, -0.2) is 15.0 Å². The highest BCUT2D eigenvalue weighted by Crippen LogP contribution is 2.43. The Morgan fingerprint density at radius 3 is 1.39 bits per heavy atom. The third-order valence-electron chi connectivity index (χ3n) is 13.2. The van der Waals surface area contributed by atoms with Crippen LogP contribution in [0.5, 0.6) is 0 Å². The van der Waals surface area contributed by atoms with Gasteiger partial charge in [-0.2, -0.15) is 0 Å². The number of aromatic nitrogens is 3. The predicted octanol–water partition coefficient (Wildman–Crippen LogP) is 16.9. The fourth-order valence-electron chi connectivity index (χ4n) is 9.88. The van der Waals surface area contributed by atoms with Crippen molar-refractivity contribution in [3.63, 3.8) is 0 Å². The minimum Gasteiger partial charge on any atom is -0.456 e. The molecular formula is C63H39N3O. The van der Waals surface area contributed by atoms with Crippen LogP contribution in [0.2, 0.25) is 0 Å². The van der Waals surface area contributed by atoms with Crippen LogP contribution in [0.1, 0.15) is 0 Å². The molecule has 67 heavy (non-hydrogen) atoms.